The highest BCUT2D eigenvalue weighted by Crippen LogP contribution is 2.21. The monoisotopic (exact) mass is 168 g/mol. The fourth-order valence-corrected chi connectivity index (χ4v) is 0.698. The molecule has 2 atom stereocenters. The summed E-state index contributed by atoms with van der Waals surface area (Å²) in [6, 6.07) is 0. The number of aliphatic hydroxyl groups is 4. The molecule has 0 aliphatic carbocycles. The van der Waals surface area contributed by atoms with Crippen LogP contribution in [-0.4, -0.2) is 45.1 Å². The lowest BCUT2D eigenvalue weighted by Gasteiger charge is -2.28. The summed E-state index contributed by atoms with van der Waals surface area (Å²) in [6.07, 6.45) is -3.91. The van der Waals surface area contributed by atoms with E-state index in [9.17, 15) is 4.39 Å². The maximum atomic E-state index is 13.0. The van der Waals surface area contributed by atoms with Crippen molar-refractivity contribution in [1.82, 2.24) is 0 Å². The van der Waals surface area contributed by atoms with Gasteiger partial charge in [0.15, 0.2) is 6.29 Å². The zero-order valence-corrected chi connectivity index (χ0v) is 6.24. The molecule has 5 heteroatoms. The van der Waals surface area contributed by atoms with Crippen molar-refractivity contribution in [3.8, 4) is 0 Å². The Morgan fingerprint density at radius 2 is 1.82 bits per heavy atom. The van der Waals surface area contributed by atoms with Gasteiger partial charge in [0.05, 0.1) is 12.7 Å². The third-order valence-corrected chi connectivity index (χ3v) is 1.61. The number of hydrogen-bond acceptors (Lipinski definition) is 4. The second-order valence-corrected chi connectivity index (χ2v) is 2.38. The molecule has 0 aromatic carbocycles. The van der Waals surface area contributed by atoms with Crippen LogP contribution in [-0.2, 0) is 0 Å². The van der Waals surface area contributed by atoms with Gasteiger partial charge in [0.2, 0.25) is 5.67 Å². The van der Waals surface area contributed by atoms with Crippen molar-refractivity contribution < 1.29 is 24.8 Å². The van der Waals surface area contributed by atoms with Gasteiger partial charge in [0.1, 0.15) is 0 Å². The molecule has 0 fully saturated rings. The molecular formula is C6H13FO4. The zero-order valence-electron chi connectivity index (χ0n) is 6.24. The largest absolute Gasteiger partial charge is 0.393 e. The van der Waals surface area contributed by atoms with Gasteiger partial charge in [-0.25, -0.2) is 4.39 Å². The molecule has 0 aromatic heterocycles. The van der Waals surface area contributed by atoms with Gasteiger partial charge >= 0.3 is 0 Å². The minimum atomic E-state index is -2.73. The van der Waals surface area contributed by atoms with Crippen molar-refractivity contribution in [2.45, 2.75) is 31.4 Å². The Morgan fingerprint density at radius 3 is 1.91 bits per heavy atom. The average Bonchev–Trinajstić information content (AvgIpc) is 2.01. The normalized spacial score (nSPS) is 19.9. The van der Waals surface area contributed by atoms with E-state index in [1.807, 2.05) is 0 Å². The lowest BCUT2D eigenvalue weighted by Crippen LogP contribution is -2.51. The molecule has 0 saturated carbocycles. The van der Waals surface area contributed by atoms with Crippen molar-refractivity contribution in [3.63, 3.8) is 0 Å². The minimum absolute atomic E-state index is 0.00861. The molecule has 0 aliphatic heterocycles. The lowest BCUT2D eigenvalue weighted by molar-refractivity contribution is -0.202. The van der Waals surface area contributed by atoms with Gasteiger partial charge in [0.25, 0.3) is 0 Å². The number of halogens is 1. The van der Waals surface area contributed by atoms with Crippen molar-refractivity contribution in [3.05, 3.63) is 0 Å². The van der Waals surface area contributed by atoms with E-state index in [-0.39, 0.29) is 6.42 Å². The van der Waals surface area contributed by atoms with Crippen molar-refractivity contribution in [2.75, 3.05) is 6.61 Å². The highest BCUT2D eigenvalue weighted by atomic mass is 19.1. The van der Waals surface area contributed by atoms with Crippen LogP contribution in [0.1, 0.15) is 13.3 Å². The number of aliphatic hydroxyl groups excluding tert-OH is 3. The summed E-state index contributed by atoms with van der Waals surface area (Å²) < 4.78 is 13.0. The van der Waals surface area contributed by atoms with Crippen molar-refractivity contribution >= 4 is 0 Å². The molecular weight excluding hydrogens is 155 g/mol. The number of rotatable bonds is 4. The topological polar surface area (TPSA) is 80.9 Å². The summed E-state index contributed by atoms with van der Waals surface area (Å²) in [5, 5.41) is 34.2. The Morgan fingerprint density at radius 1 is 1.36 bits per heavy atom. The van der Waals surface area contributed by atoms with E-state index >= 15 is 0 Å². The first-order chi connectivity index (χ1) is 4.99. The molecule has 11 heavy (non-hydrogen) atoms. The Hall–Kier alpha value is -0.230. The fraction of sp³-hybridized carbons (Fsp3) is 1.00. The summed E-state index contributed by atoms with van der Waals surface area (Å²) in [7, 11) is 0. The minimum Gasteiger partial charge on any atom is -0.393 e. The summed E-state index contributed by atoms with van der Waals surface area (Å²) in [5.41, 5.74) is -2.73. The second kappa shape index (κ2) is 3.96. The zero-order chi connectivity index (χ0) is 9.07. The Labute approximate surface area is 63.9 Å². The van der Waals surface area contributed by atoms with E-state index in [4.69, 9.17) is 20.4 Å². The van der Waals surface area contributed by atoms with Crippen molar-refractivity contribution in [2.24, 2.45) is 0 Å². The molecule has 0 aromatic rings. The average molecular weight is 168 g/mol. The molecule has 0 bridgehead atoms. The standard InChI is InChI=1S/C6H13FO4/c1-2-4(9)6(7,3-8)5(10)11/h4-5,8-11H,2-3H2,1H3. The van der Waals surface area contributed by atoms with E-state index in [2.05, 4.69) is 0 Å². The van der Waals surface area contributed by atoms with Crippen LogP contribution in [0.3, 0.4) is 0 Å². The fourth-order valence-electron chi connectivity index (χ4n) is 0.698. The quantitative estimate of drug-likeness (QED) is 0.396. The number of alkyl halides is 1. The molecule has 0 rings (SSSR count). The highest BCUT2D eigenvalue weighted by molar-refractivity contribution is 4.87. The summed E-state index contributed by atoms with van der Waals surface area (Å²) in [5.74, 6) is 0. The van der Waals surface area contributed by atoms with E-state index in [1.54, 1.807) is 0 Å². The van der Waals surface area contributed by atoms with Crippen molar-refractivity contribution in [1.29, 1.82) is 0 Å². The SMILES string of the molecule is CCC(O)C(F)(CO)C(O)O. The van der Waals surface area contributed by atoms with Gasteiger partial charge in [-0.1, -0.05) is 6.92 Å². The van der Waals surface area contributed by atoms with Crippen LogP contribution in [0.25, 0.3) is 0 Å². The molecule has 68 valence electrons. The van der Waals surface area contributed by atoms with Crippen LogP contribution >= 0.6 is 0 Å². The molecule has 0 amide bonds. The molecule has 4 N–H and O–H groups in total. The summed E-state index contributed by atoms with van der Waals surface area (Å²) >= 11 is 0. The Kier molecular flexibility index (Phi) is 3.88. The lowest BCUT2D eigenvalue weighted by atomic mass is 9.97. The number of hydrogen-bond donors (Lipinski definition) is 4. The molecule has 0 spiro atoms. The third kappa shape index (κ3) is 2.10. The Balaban J connectivity index is 4.32. The van der Waals surface area contributed by atoms with Crippen LogP contribution in [0.15, 0.2) is 0 Å². The van der Waals surface area contributed by atoms with Crippen LogP contribution in [0.2, 0.25) is 0 Å². The first kappa shape index (κ1) is 10.8. The van der Waals surface area contributed by atoms with E-state index < -0.39 is 24.7 Å². The molecule has 0 aliphatic rings. The summed E-state index contributed by atoms with van der Waals surface area (Å²) in [6.45, 7) is 0.358. The maximum absolute atomic E-state index is 13.0. The second-order valence-electron chi connectivity index (χ2n) is 2.38. The van der Waals surface area contributed by atoms with Crippen LogP contribution < -0.4 is 0 Å². The third-order valence-electron chi connectivity index (χ3n) is 1.61. The first-order valence-corrected chi connectivity index (χ1v) is 3.33. The molecule has 2 unspecified atom stereocenters. The van der Waals surface area contributed by atoms with Crippen LogP contribution in [0.5, 0.6) is 0 Å². The predicted molar refractivity (Wildman–Crippen MR) is 35.4 cm³/mol. The van der Waals surface area contributed by atoms with Crippen LogP contribution in [0.4, 0.5) is 4.39 Å². The van der Waals surface area contributed by atoms with Gasteiger partial charge < -0.3 is 20.4 Å². The van der Waals surface area contributed by atoms with Gasteiger partial charge in [-0.15, -0.1) is 0 Å². The predicted octanol–water partition coefficient (Wildman–Crippen LogP) is -1.23. The van der Waals surface area contributed by atoms with E-state index in [0.29, 0.717) is 0 Å². The van der Waals surface area contributed by atoms with E-state index in [0.717, 1.165) is 0 Å². The Bertz CT molecular complexity index is 119. The van der Waals surface area contributed by atoms with E-state index in [1.165, 1.54) is 6.92 Å². The summed E-state index contributed by atoms with van der Waals surface area (Å²) in [4.78, 5) is 0. The molecule has 4 nitrogen and oxygen atoms in total. The van der Waals surface area contributed by atoms with Crippen LogP contribution in [0, 0.1) is 0 Å². The smallest absolute Gasteiger partial charge is 0.209 e. The van der Waals surface area contributed by atoms with Gasteiger partial charge in [0, 0.05) is 0 Å². The first-order valence-electron chi connectivity index (χ1n) is 3.33. The van der Waals surface area contributed by atoms with Gasteiger partial charge in [-0.3, -0.25) is 0 Å². The van der Waals surface area contributed by atoms with Gasteiger partial charge in [-0.2, -0.15) is 0 Å². The maximum Gasteiger partial charge on any atom is 0.209 e. The highest BCUT2D eigenvalue weighted by Gasteiger charge is 2.43. The van der Waals surface area contributed by atoms with Gasteiger partial charge in [-0.05, 0) is 6.42 Å². The molecule has 0 heterocycles. The molecule has 0 radical (unpaired) electrons. The molecule has 0 saturated heterocycles.